The van der Waals surface area contributed by atoms with Gasteiger partial charge < -0.3 is 9.47 Å². The number of amides is 1. The van der Waals surface area contributed by atoms with Crippen molar-refractivity contribution in [1.82, 2.24) is 10.4 Å². The summed E-state index contributed by atoms with van der Waals surface area (Å²) in [5, 5.41) is 4.00. The lowest BCUT2D eigenvalue weighted by Crippen LogP contribution is -2.17. The first-order chi connectivity index (χ1) is 14.6. The summed E-state index contributed by atoms with van der Waals surface area (Å²) in [5.41, 5.74) is 6.21. The molecule has 0 bridgehead atoms. The molecule has 1 heterocycles. The maximum atomic E-state index is 12.0. The molecule has 6 heteroatoms. The van der Waals surface area contributed by atoms with Gasteiger partial charge in [-0.1, -0.05) is 18.2 Å². The number of carbonyl (C=O) groups is 1. The van der Waals surface area contributed by atoms with E-state index in [0.29, 0.717) is 18.8 Å². The molecule has 0 unspecified atom stereocenters. The zero-order chi connectivity index (χ0) is 21.2. The van der Waals surface area contributed by atoms with Crippen molar-refractivity contribution in [2.45, 2.75) is 20.3 Å². The summed E-state index contributed by atoms with van der Waals surface area (Å²) in [5.74, 6) is 1.34. The van der Waals surface area contributed by atoms with Crippen molar-refractivity contribution < 1.29 is 14.3 Å². The number of aryl methyl sites for hydroxylation is 2. The normalized spacial score (nSPS) is 10.7. The fraction of sp³-hybridized carbons (Fsp3) is 0.208. The zero-order valence-corrected chi connectivity index (χ0v) is 17.2. The maximum absolute atomic E-state index is 12.0. The van der Waals surface area contributed by atoms with Crippen LogP contribution in [-0.4, -0.2) is 30.3 Å². The second-order valence-electron chi connectivity index (χ2n) is 6.88. The van der Waals surface area contributed by atoms with Crippen molar-refractivity contribution in [2.75, 3.05) is 13.2 Å². The molecule has 0 aliphatic heterocycles. The third-order valence-corrected chi connectivity index (χ3v) is 4.20. The number of carbonyl (C=O) groups excluding carboxylic acids is 1. The van der Waals surface area contributed by atoms with E-state index in [2.05, 4.69) is 35.4 Å². The molecule has 1 amide bonds. The molecule has 1 N–H and O–H groups in total. The van der Waals surface area contributed by atoms with Crippen LogP contribution in [0.4, 0.5) is 0 Å². The van der Waals surface area contributed by atoms with Crippen molar-refractivity contribution >= 4 is 12.1 Å². The minimum absolute atomic E-state index is 0.287. The minimum Gasteiger partial charge on any atom is -0.493 e. The summed E-state index contributed by atoms with van der Waals surface area (Å²) >= 11 is 0. The van der Waals surface area contributed by atoms with Gasteiger partial charge in [0.2, 0.25) is 0 Å². The Morgan fingerprint density at radius 1 is 0.967 bits per heavy atom. The Hall–Kier alpha value is -3.67. The zero-order valence-electron chi connectivity index (χ0n) is 17.2. The summed E-state index contributed by atoms with van der Waals surface area (Å²) in [6, 6.07) is 17.0. The van der Waals surface area contributed by atoms with Gasteiger partial charge in [0.15, 0.2) is 0 Å². The molecular weight excluding hydrogens is 378 g/mol. The summed E-state index contributed by atoms with van der Waals surface area (Å²) < 4.78 is 11.6. The highest BCUT2D eigenvalue weighted by Gasteiger charge is 2.02. The largest absolute Gasteiger partial charge is 0.493 e. The molecule has 0 fully saturated rings. The Kier molecular flexibility index (Phi) is 7.55. The van der Waals surface area contributed by atoms with Crippen LogP contribution in [0.3, 0.4) is 0 Å². The van der Waals surface area contributed by atoms with E-state index in [1.54, 1.807) is 30.7 Å². The minimum atomic E-state index is -0.287. The number of hydrazone groups is 1. The van der Waals surface area contributed by atoms with E-state index in [4.69, 9.17) is 9.47 Å². The fourth-order valence-corrected chi connectivity index (χ4v) is 2.87. The number of hydrogen-bond acceptors (Lipinski definition) is 5. The van der Waals surface area contributed by atoms with Crippen LogP contribution >= 0.6 is 0 Å². The molecule has 1 aromatic heterocycles. The van der Waals surface area contributed by atoms with Crippen LogP contribution < -0.4 is 14.9 Å². The van der Waals surface area contributed by atoms with E-state index in [-0.39, 0.29) is 5.91 Å². The van der Waals surface area contributed by atoms with Gasteiger partial charge in [-0.3, -0.25) is 9.78 Å². The molecule has 0 saturated carbocycles. The highest BCUT2D eigenvalue weighted by atomic mass is 16.5. The molecule has 0 saturated heterocycles. The van der Waals surface area contributed by atoms with Gasteiger partial charge in [0.05, 0.1) is 19.4 Å². The van der Waals surface area contributed by atoms with Gasteiger partial charge >= 0.3 is 0 Å². The first kappa shape index (κ1) is 21.0. The van der Waals surface area contributed by atoms with Gasteiger partial charge in [-0.05, 0) is 66.9 Å². The van der Waals surface area contributed by atoms with Crippen LogP contribution in [0.2, 0.25) is 0 Å². The van der Waals surface area contributed by atoms with E-state index in [0.717, 1.165) is 23.5 Å². The molecule has 0 aliphatic carbocycles. The predicted molar refractivity (Wildman–Crippen MR) is 117 cm³/mol. The molecule has 0 atom stereocenters. The topological polar surface area (TPSA) is 72.8 Å². The lowest BCUT2D eigenvalue weighted by molar-refractivity contribution is 0.0955. The van der Waals surface area contributed by atoms with Crippen LogP contribution in [0.25, 0.3) is 0 Å². The quantitative estimate of drug-likeness (QED) is 0.328. The van der Waals surface area contributed by atoms with E-state index < -0.39 is 0 Å². The number of benzene rings is 2. The highest BCUT2D eigenvalue weighted by molar-refractivity contribution is 5.94. The van der Waals surface area contributed by atoms with Gasteiger partial charge in [0, 0.05) is 24.4 Å². The second-order valence-corrected chi connectivity index (χ2v) is 6.88. The molecular formula is C24H25N3O3. The van der Waals surface area contributed by atoms with Crippen LogP contribution in [-0.2, 0) is 0 Å². The van der Waals surface area contributed by atoms with Gasteiger partial charge in [-0.2, -0.15) is 5.10 Å². The Morgan fingerprint density at radius 3 is 2.40 bits per heavy atom. The molecule has 0 radical (unpaired) electrons. The lowest BCUT2D eigenvalue weighted by Gasteiger charge is -2.09. The van der Waals surface area contributed by atoms with E-state index in [1.807, 2.05) is 36.4 Å². The van der Waals surface area contributed by atoms with Crippen molar-refractivity contribution in [3.8, 4) is 11.5 Å². The van der Waals surface area contributed by atoms with Crippen LogP contribution in [0, 0.1) is 13.8 Å². The molecule has 0 spiro atoms. The Morgan fingerprint density at radius 2 is 1.67 bits per heavy atom. The summed E-state index contributed by atoms with van der Waals surface area (Å²) in [7, 11) is 0. The Balaban J connectivity index is 1.42. The van der Waals surface area contributed by atoms with Crippen LogP contribution in [0.5, 0.6) is 11.5 Å². The van der Waals surface area contributed by atoms with Crippen LogP contribution in [0.1, 0.15) is 33.5 Å². The Labute approximate surface area is 176 Å². The van der Waals surface area contributed by atoms with Crippen molar-refractivity contribution in [2.24, 2.45) is 5.10 Å². The number of aromatic nitrogens is 1. The molecule has 6 nitrogen and oxygen atoms in total. The fourth-order valence-electron chi connectivity index (χ4n) is 2.87. The number of pyridine rings is 1. The van der Waals surface area contributed by atoms with E-state index in [1.165, 1.54) is 11.1 Å². The van der Waals surface area contributed by atoms with Crippen molar-refractivity contribution in [3.05, 3.63) is 89.2 Å². The Bertz CT molecular complexity index is 983. The lowest BCUT2D eigenvalue weighted by atomic mass is 10.1. The van der Waals surface area contributed by atoms with Crippen molar-refractivity contribution in [1.29, 1.82) is 0 Å². The van der Waals surface area contributed by atoms with Crippen molar-refractivity contribution in [3.63, 3.8) is 0 Å². The number of ether oxygens (including phenoxy) is 2. The number of nitrogens with zero attached hydrogens (tertiary/aromatic N) is 2. The summed E-state index contributed by atoms with van der Waals surface area (Å²) in [6.45, 7) is 5.25. The van der Waals surface area contributed by atoms with Gasteiger partial charge in [0.25, 0.3) is 5.91 Å². The average Bonchev–Trinajstić information content (AvgIpc) is 2.74. The average molecular weight is 403 g/mol. The van der Waals surface area contributed by atoms with Gasteiger partial charge in [-0.25, -0.2) is 5.43 Å². The smallest absolute Gasteiger partial charge is 0.271 e. The molecule has 0 aliphatic rings. The molecule has 3 aromatic rings. The standard InChI is InChI=1S/C24H25N3O3/c1-18-13-19(2)15-23(14-18)30-12-4-11-29-22-6-3-5-20(16-22)17-26-27-24(28)21-7-9-25-10-8-21/h3,5-10,13-17H,4,11-12H2,1-2H3,(H,27,28). The van der Waals surface area contributed by atoms with E-state index in [9.17, 15) is 4.79 Å². The van der Waals surface area contributed by atoms with Crippen LogP contribution in [0.15, 0.2) is 72.1 Å². The van der Waals surface area contributed by atoms with E-state index >= 15 is 0 Å². The summed E-state index contributed by atoms with van der Waals surface area (Å²) in [6.07, 6.45) is 5.47. The van der Waals surface area contributed by atoms with Gasteiger partial charge in [0.1, 0.15) is 11.5 Å². The third-order valence-electron chi connectivity index (χ3n) is 4.20. The molecule has 30 heavy (non-hydrogen) atoms. The SMILES string of the molecule is Cc1cc(C)cc(OCCCOc2cccc(C=NNC(=O)c3ccncc3)c2)c1. The third kappa shape index (κ3) is 6.74. The number of nitrogens with one attached hydrogen (secondary N) is 1. The second kappa shape index (κ2) is 10.8. The monoisotopic (exact) mass is 403 g/mol. The highest BCUT2D eigenvalue weighted by Crippen LogP contribution is 2.17. The molecule has 3 rings (SSSR count). The predicted octanol–water partition coefficient (Wildman–Crippen LogP) is 4.31. The maximum Gasteiger partial charge on any atom is 0.271 e. The number of rotatable bonds is 9. The molecule has 2 aromatic carbocycles. The first-order valence-electron chi connectivity index (χ1n) is 9.77. The molecule has 154 valence electrons. The first-order valence-corrected chi connectivity index (χ1v) is 9.77. The summed E-state index contributed by atoms with van der Waals surface area (Å²) in [4.78, 5) is 15.8. The number of hydrogen-bond donors (Lipinski definition) is 1. The van der Waals surface area contributed by atoms with Gasteiger partial charge in [-0.15, -0.1) is 0 Å².